The first-order valence-electron chi connectivity index (χ1n) is 8.57. The number of ether oxygens (including phenoxy) is 1. The molecule has 1 unspecified atom stereocenters. The molecule has 1 N–H and O–H groups in total. The van der Waals surface area contributed by atoms with Crippen molar-refractivity contribution in [1.29, 1.82) is 0 Å². The van der Waals surface area contributed by atoms with Crippen LogP contribution in [0.5, 0.6) is 0 Å². The van der Waals surface area contributed by atoms with Crippen LogP contribution < -0.4 is 5.32 Å². The van der Waals surface area contributed by atoms with E-state index in [0.717, 1.165) is 29.4 Å². The Kier molecular flexibility index (Phi) is 6.49. The second-order valence-corrected chi connectivity index (χ2v) is 7.15. The van der Waals surface area contributed by atoms with Crippen LogP contribution in [0, 0.1) is 12.7 Å². The highest BCUT2D eigenvalue weighted by molar-refractivity contribution is 7.09. The summed E-state index contributed by atoms with van der Waals surface area (Å²) in [5.74, 6) is -0.462. The van der Waals surface area contributed by atoms with Gasteiger partial charge >= 0.3 is 0 Å². The third kappa shape index (κ3) is 5.20. The van der Waals surface area contributed by atoms with Gasteiger partial charge in [0.2, 0.25) is 5.91 Å². The van der Waals surface area contributed by atoms with Gasteiger partial charge in [0.05, 0.1) is 30.0 Å². The summed E-state index contributed by atoms with van der Waals surface area (Å²) < 4.78 is 19.1. The van der Waals surface area contributed by atoms with Crippen molar-refractivity contribution in [3.05, 3.63) is 57.8 Å². The first-order valence-corrected chi connectivity index (χ1v) is 9.45. The van der Waals surface area contributed by atoms with E-state index in [-0.39, 0.29) is 17.8 Å². The number of aryl methyl sites for hydroxylation is 1. The molecule has 7 heteroatoms. The van der Waals surface area contributed by atoms with Gasteiger partial charge in [-0.3, -0.25) is 9.69 Å². The molecule has 0 bridgehead atoms. The number of benzene rings is 1. The lowest BCUT2D eigenvalue weighted by atomic mass is 10.0. The van der Waals surface area contributed by atoms with E-state index in [4.69, 9.17) is 4.74 Å². The summed E-state index contributed by atoms with van der Waals surface area (Å²) in [4.78, 5) is 18.7. The van der Waals surface area contributed by atoms with Crippen LogP contribution in [0.15, 0.2) is 35.7 Å². The predicted molar refractivity (Wildman–Crippen MR) is 100 cm³/mol. The highest BCUT2D eigenvalue weighted by Gasteiger charge is 2.23. The van der Waals surface area contributed by atoms with Gasteiger partial charge < -0.3 is 10.1 Å². The van der Waals surface area contributed by atoms with Gasteiger partial charge in [-0.05, 0) is 30.7 Å². The first kappa shape index (κ1) is 18.7. The third-order valence-electron chi connectivity index (χ3n) is 4.23. The zero-order chi connectivity index (χ0) is 18.4. The average molecular weight is 375 g/mol. The molecule has 1 aliphatic rings. The molecule has 5 nitrogen and oxygen atoms in total. The summed E-state index contributed by atoms with van der Waals surface area (Å²) >= 11 is 1.54. The Hall–Kier alpha value is -2.09. The first-order chi connectivity index (χ1) is 12.6. The van der Waals surface area contributed by atoms with Crippen LogP contribution in [0.25, 0.3) is 6.08 Å². The summed E-state index contributed by atoms with van der Waals surface area (Å²) in [6.45, 7) is 5.12. The lowest BCUT2D eigenvalue weighted by molar-refractivity contribution is -0.116. The van der Waals surface area contributed by atoms with E-state index < -0.39 is 0 Å². The number of thiazole rings is 1. The average Bonchev–Trinajstić information content (AvgIpc) is 3.06. The van der Waals surface area contributed by atoms with Gasteiger partial charge in [-0.15, -0.1) is 11.3 Å². The second-order valence-electron chi connectivity index (χ2n) is 6.09. The fourth-order valence-corrected chi connectivity index (χ4v) is 3.52. The fourth-order valence-electron chi connectivity index (χ4n) is 2.93. The molecule has 1 aromatic heterocycles. The van der Waals surface area contributed by atoms with E-state index >= 15 is 0 Å². The lowest BCUT2D eigenvalue weighted by Crippen LogP contribution is -2.43. The van der Waals surface area contributed by atoms with Crippen molar-refractivity contribution < 1.29 is 13.9 Å². The Morgan fingerprint density at radius 1 is 1.46 bits per heavy atom. The number of carbonyl (C=O) groups is 1. The number of rotatable bonds is 6. The number of nitrogens with one attached hydrogen (secondary N) is 1. The van der Waals surface area contributed by atoms with Crippen LogP contribution in [0.3, 0.4) is 0 Å². The highest BCUT2D eigenvalue weighted by atomic mass is 32.1. The number of nitrogens with zero attached hydrogens (tertiary/aromatic N) is 2. The molecule has 138 valence electrons. The van der Waals surface area contributed by atoms with E-state index in [9.17, 15) is 9.18 Å². The largest absolute Gasteiger partial charge is 0.379 e. The van der Waals surface area contributed by atoms with Crippen molar-refractivity contribution in [2.75, 3.05) is 32.8 Å². The number of halogens is 1. The molecule has 1 amide bonds. The molecule has 0 saturated carbocycles. The number of carbonyl (C=O) groups excluding carboxylic acids is 1. The van der Waals surface area contributed by atoms with E-state index in [1.807, 2.05) is 18.4 Å². The van der Waals surface area contributed by atoms with Gasteiger partial charge in [-0.1, -0.05) is 12.1 Å². The Bertz CT molecular complexity index is 772. The molecule has 1 saturated heterocycles. The molecule has 2 heterocycles. The summed E-state index contributed by atoms with van der Waals surface area (Å²) in [5, 5.41) is 5.79. The van der Waals surface area contributed by atoms with Crippen LogP contribution in [-0.4, -0.2) is 48.6 Å². The Morgan fingerprint density at radius 3 is 2.96 bits per heavy atom. The molecule has 0 radical (unpaired) electrons. The summed E-state index contributed by atoms with van der Waals surface area (Å²) in [7, 11) is 0. The summed E-state index contributed by atoms with van der Waals surface area (Å²) in [6.07, 6.45) is 3.18. The van der Waals surface area contributed by atoms with Crippen molar-refractivity contribution in [1.82, 2.24) is 15.2 Å². The molecule has 26 heavy (non-hydrogen) atoms. The third-order valence-corrected chi connectivity index (χ3v) is 5.02. The van der Waals surface area contributed by atoms with E-state index in [1.54, 1.807) is 23.5 Å². The summed E-state index contributed by atoms with van der Waals surface area (Å²) in [6, 6.07) is 6.46. The molecule has 1 aliphatic heterocycles. The molecule has 0 spiro atoms. The Balaban J connectivity index is 1.65. The van der Waals surface area contributed by atoms with Crippen LogP contribution in [0.4, 0.5) is 4.39 Å². The van der Waals surface area contributed by atoms with E-state index in [2.05, 4.69) is 15.2 Å². The number of aromatic nitrogens is 1. The Morgan fingerprint density at radius 2 is 2.27 bits per heavy atom. The zero-order valence-corrected chi connectivity index (χ0v) is 15.5. The van der Waals surface area contributed by atoms with Gasteiger partial charge in [0, 0.05) is 31.1 Å². The SMILES string of the molecule is Cc1nc(C=CC(=O)NCC(c2cccc(F)c2)N2CCOCC2)cs1. The molecule has 0 aliphatic carbocycles. The minimum atomic E-state index is -0.272. The number of morpholine rings is 1. The fraction of sp³-hybridized carbons (Fsp3) is 0.368. The number of hydrogen-bond donors (Lipinski definition) is 1. The standard InChI is InChI=1S/C19H22FN3O2S/c1-14-22-17(13-26-14)5-6-19(24)21-12-18(23-7-9-25-10-8-23)15-3-2-4-16(20)11-15/h2-6,11,13,18H,7-10,12H2,1H3,(H,21,24). The second kappa shape index (κ2) is 9.02. The van der Waals surface area contributed by atoms with E-state index in [0.29, 0.717) is 19.8 Å². The van der Waals surface area contributed by atoms with Crippen LogP contribution in [-0.2, 0) is 9.53 Å². The normalized spacial score (nSPS) is 16.7. The number of hydrogen-bond acceptors (Lipinski definition) is 5. The molecule has 1 atom stereocenters. The van der Waals surface area contributed by atoms with Crippen LogP contribution in [0.2, 0.25) is 0 Å². The predicted octanol–water partition coefficient (Wildman–Crippen LogP) is 2.79. The maximum atomic E-state index is 13.7. The van der Waals surface area contributed by atoms with Crippen LogP contribution >= 0.6 is 11.3 Å². The van der Waals surface area contributed by atoms with Crippen LogP contribution in [0.1, 0.15) is 22.3 Å². The highest BCUT2D eigenvalue weighted by Crippen LogP contribution is 2.22. The maximum absolute atomic E-state index is 13.7. The van der Waals surface area contributed by atoms with Gasteiger partial charge in [-0.25, -0.2) is 9.37 Å². The van der Waals surface area contributed by atoms with Crippen molar-refractivity contribution in [2.45, 2.75) is 13.0 Å². The van der Waals surface area contributed by atoms with Gasteiger partial charge in [0.1, 0.15) is 5.82 Å². The summed E-state index contributed by atoms with van der Waals surface area (Å²) in [5.41, 5.74) is 1.63. The number of amides is 1. The van der Waals surface area contributed by atoms with E-state index in [1.165, 1.54) is 18.2 Å². The van der Waals surface area contributed by atoms with Crippen molar-refractivity contribution in [3.63, 3.8) is 0 Å². The molecular weight excluding hydrogens is 353 g/mol. The zero-order valence-electron chi connectivity index (χ0n) is 14.7. The molecule has 1 fully saturated rings. The van der Waals surface area contributed by atoms with Gasteiger partial charge in [-0.2, -0.15) is 0 Å². The molecule has 3 rings (SSSR count). The van der Waals surface area contributed by atoms with Crippen molar-refractivity contribution >= 4 is 23.3 Å². The maximum Gasteiger partial charge on any atom is 0.244 e. The lowest BCUT2D eigenvalue weighted by Gasteiger charge is -2.34. The van der Waals surface area contributed by atoms with Gasteiger partial charge in [0.25, 0.3) is 0 Å². The quantitative estimate of drug-likeness (QED) is 0.789. The van der Waals surface area contributed by atoms with Gasteiger partial charge in [0.15, 0.2) is 0 Å². The molecule has 2 aromatic rings. The minimum absolute atomic E-state index is 0.0894. The Labute approximate surface area is 156 Å². The van der Waals surface area contributed by atoms with Crippen molar-refractivity contribution in [2.24, 2.45) is 0 Å². The molecular formula is C19H22FN3O2S. The smallest absolute Gasteiger partial charge is 0.244 e. The van der Waals surface area contributed by atoms with Crippen molar-refractivity contribution in [3.8, 4) is 0 Å². The topological polar surface area (TPSA) is 54.5 Å². The monoisotopic (exact) mass is 375 g/mol. The molecule has 1 aromatic carbocycles. The minimum Gasteiger partial charge on any atom is -0.379 e.